The van der Waals surface area contributed by atoms with Gasteiger partial charge < -0.3 is 4.74 Å². The second-order valence-electron chi connectivity index (χ2n) is 7.81. The second-order valence-corrected chi connectivity index (χ2v) is 10.6. The third-order valence-electron chi connectivity index (χ3n) is 5.44. The molecule has 0 fully saturated rings. The Hall–Kier alpha value is -3.95. The number of carbonyl (C=O) groups excluding carboxylic acids is 1. The van der Waals surface area contributed by atoms with Crippen molar-refractivity contribution in [3.8, 4) is 5.75 Å². The molecule has 0 aliphatic heterocycles. The topological polar surface area (TPSA) is 88.1 Å². The molecule has 0 saturated carbocycles. The average Bonchev–Trinajstić information content (AvgIpc) is 3.46. The molecule has 0 bridgehead atoms. The molecule has 0 aliphatic carbocycles. The summed E-state index contributed by atoms with van der Waals surface area (Å²) >= 11 is 1.51. The van der Waals surface area contributed by atoms with Gasteiger partial charge in [-0.25, -0.2) is 13.8 Å². The van der Waals surface area contributed by atoms with Gasteiger partial charge in [0.15, 0.2) is 0 Å². The summed E-state index contributed by atoms with van der Waals surface area (Å²) in [6.07, 6.45) is 0. The molecule has 0 unspecified atom stereocenters. The predicted molar refractivity (Wildman–Crippen MR) is 143 cm³/mol. The van der Waals surface area contributed by atoms with Crippen LogP contribution in [-0.2, 0) is 16.6 Å². The summed E-state index contributed by atoms with van der Waals surface area (Å²) in [4.78, 5) is 14.2. The number of hydrazone groups is 1. The van der Waals surface area contributed by atoms with E-state index in [4.69, 9.17) is 4.74 Å². The molecule has 0 radical (unpaired) electrons. The third kappa shape index (κ3) is 5.64. The molecule has 1 heterocycles. The quantitative estimate of drug-likeness (QED) is 0.240. The van der Waals surface area contributed by atoms with Crippen molar-refractivity contribution < 1.29 is 17.9 Å². The van der Waals surface area contributed by atoms with Gasteiger partial charge in [0.2, 0.25) is 0 Å². The van der Waals surface area contributed by atoms with Crippen LogP contribution in [0.5, 0.6) is 5.75 Å². The van der Waals surface area contributed by atoms with E-state index in [1.54, 1.807) is 43.3 Å². The first-order valence-corrected chi connectivity index (χ1v) is 13.4. The van der Waals surface area contributed by atoms with Crippen molar-refractivity contribution in [1.82, 2.24) is 5.43 Å². The standard InChI is InChI=1S/C27H25N3O4S2/c1-20(26-13-8-18-35-26)28-29-27(31)24-11-6-7-12-25(24)30(19-21-9-4-3-5-10-21)36(32,33)23-16-14-22(34-2)15-17-23/h3-18H,19H2,1-2H3,(H,29,31)/b28-20-. The molecule has 1 amide bonds. The fraction of sp³-hybridized carbons (Fsp3) is 0.111. The molecule has 36 heavy (non-hydrogen) atoms. The maximum Gasteiger partial charge on any atom is 0.273 e. The molecule has 184 valence electrons. The molecule has 9 heteroatoms. The zero-order valence-electron chi connectivity index (χ0n) is 19.8. The number of methoxy groups -OCH3 is 1. The van der Waals surface area contributed by atoms with Gasteiger partial charge in [-0.3, -0.25) is 9.10 Å². The van der Waals surface area contributed by atoms with Crippen molar-refractivity contribution in [2.75, 3.05) is 11.4 Å². The molecule has 4 aromatic rings. The van der Waals surface area contributed by atoms with E-state index in [1.807, 2.05) is 47.8 Å². The number of benzene rings is 3. The van der Waals surface area contributed by atoms with E-state index in [2.05, 4.69) is 10.5 Å². The number of carbonyl (C=O) groups is 1. The number of nitrogens with one attached hydrogen (secondary N) is 1. The lowest BCUT2D eigenvalue weighted by Crippen LogP contribution is -2.33. The Morgan fingerprint density at radius 3 is 2.31 bits per heavy atom. The summed E-state index contributed by atoms with van der Waals surface area (Å²) in [5.74, 6) is 0.0341. The van der Waals surface area contributed by atoms with E-state index >= 15 is 0 Å². The van der Waals surface area contributed by atoms with Crippen LogP contribution >= 0.6 is 11.3 Å². The van der Waals surface area contributed by atoms with Crippen LogP contribution < -0.4 is 14.5 Å². The monoisotopic (exact) mass is 519 g/mol. The highest BCUT2D eigenvalue weighted by atomic mass is 32.2. The third-order valence-corrected chi connectivity index (χ3v) is 8.19. The summed E-state index contributed by atoms with van der Waals surface area (Å²) in [5.41, 5.74) is 4.44. The fourth-order valence-corrected chi connectivity index (χ4v) is 5.69. The van der Waals surface area contributed by atoms with Crippen LogP contribution in [0, 0.1) is 0 Å². The normalized spacial score (nSPS) is 11.7. The Kier molecular flexibility index (Phi) is 7.82. The van der Waals surface area contributed by atoms with Gasteiger partial charge in [-0.05, 0) is 60.3 Å². The zero-order chi connectivity index (χ0) is 25.5. The average molecular weight is 520 g/mol. The SMILES string of the molecule is COc1ccc(S(=O)(=O)N(Cc2ccccc2)c2ccccc2C(=O)N/N=C(/C)c2cccs2)cc1. The van der Waals surface area contributed by atoms with E-state index in [1.165, 1.54) is 34.9 Å². The first-order valence-electron chi connectivity index (χ1n) is 11.1. The number of rotatable bonds is 9. The highest BCUT2D eigenvalue weighted by Gasteiger charge is 2.28. The first kappa shape index (κ1) is 25.2. The largest absolute Gasteiger partial charge is 0.497 e. The van der Waals surface area contributed by atoms with E-state index < -0.39 is 15.9 Å². The van der Waals surface area contributed by atoms with Crippen molar-refractivity contribution in [1.29, 1.82) is 0 Å². The van der Waals surface area contributed by atoms with Crippen molar-refractivity contribution in [2.24, 2.45) is 5.10 Å². The molecule has 0 atom stereocenters. The number of hydrogen-bond donors (Lipinski definition) is 1. The summed E-state index contributed by atoms with van der Waals surface area (Å²) < 4.78 is 34.1. The summed E-state index contributed by atoms with van der Waals surface area (Å²) in [6.45, 7) is 1.84. The van der Waals surface area contributed by atoms with Gasteiger partial charge in [-0.15, -0.1) is 11.3 Å². The van der Waals surface area contributed by atoms with Crippen LogP contribution in [0.1, 0.15) is 27.7 Å². The smallest absolute Gasteiger partial charge is 0.273 e. The van der Waals surface area contributed by atoms with Crippen molar-refractivity contribution in [3.63, 3.8) is 0 Å². The minimum atomic E-state index is -4.04. The molecule has 7 nitrogen and oxygen atoms in total. The van der Waals surface area contributed by atoms with Crippen molar-refractivity contribution >= 4 is 38.7 Å². The number of nitrogens with zero attached hydrogens (tertiary/aromatic N) is 2. The number of hydrogen-bond acceptors (Lipinski definition) is 6. The van der Waals surface area contributed by atoms with Gasteiger partial charge >= 0.3 is 0 Å². The maximum atomic E-state index is 13.9. The van der Waals surface area contributed by atoms with E-state index in [9.17, 15) is 13.2 Å². The van der Waals surface area contributed by atoms with Crippen molar-refractivity contribution in [3.05, 3.63) is 112 Å². The number of ether oxygens (including phenoxy) is 1. The molecular formula is C27H25N3O4S2. The lowest BCUT2D eigenvalue weighted by molar-refractivity contribution is 0.0955. The minimum Gasteiger partial charge on any atom is -0.497 e. The zero-order valence-corrected chi connectivity index (χ0v) is 21.4. The number of anilines is 1. The van der Waals surface area contributed by atoms with E-state index in [0.29, 0.717) is 11.5 Å². The predicted octanol–water partition coefficient (Wildman–Crippen LogP) is 5.31. The van der Waals surface area contributed by atoms with Crippen LogP contribution in [0.4, 0.5) is 5.69 Å². The summed E-state index contributed by atoms with van der Waals surface area (Å²) in [6, 6.07) is 25.8. The molecule has 0 spiro atoms. The van der Waals surface area contributed by atoms with Gasteiger partial charge in [-0.1, -0.05) is 48.5 Å². The maximum absolute atomic E-state index is 13.9. The van der Waals surface area contributed by atoms with Crippen LogP contribution in [0.25, 0.3) is 0 Å². The lowest BCUT2D eigenvalue weighted by atomic mass is 10.1. The van der Waals surface area contributed by atoms with Crippen LogP contribution in [-0.4, -0.2) is 27.1 Å². The van der Waals surface area contributed by atoms with Crippen LogP contribution in [0.15, 0.2) is 106 Å². The summed E-state index contributed by atoms with van der Waals surface area (Å²) in [7, 11) is -2.52. The Morgan fingerprint density at radius 1 is 0.944 bits per heavy atom. The molecule has 3 aromatic carbocycles. The van der Waals surface area contributed by atoms with Crippen LogP contribution in [0.2, 0.25) is 0 Å². The first-order chi connectivity index (χ1) is 17.4. The molecule has 1 aromatic heterocycles. The van der Waals surface area contributed by atoms with Gasteiger partial charge in [-0.2, -0.15) is 5.10 Å². The van der Waals surface area contributed by atoms with Crippen molar-refractivity contribution in [2.45, 2.75) is 18.4 Å². The molecule has 1 N–H and O–H groups in total. The number of para-hydroxylation sites is 1. The van der Waals surface area contributed by atoms with Gasteiger partial charge in [0, 0.05) is 4.88 Å². The van der Waals surface area contributed by atoms with Gasteiger partial charge in [0.1, 0.15) is 5.75 Å². The molecule has 0 saturated heterocycles. The second kappa shape index (κ2) is 11.2. The van der Waals surface area contributed by atoms with Crippen LogP contribution in [0.3, 0.4) is 0 Å². The highest BCUT2D eigenvalue weighted by molar-refractivity contribution is 7.92. The Balaban J connectivity index is 1.74. The number of thiophene rings is 1. The lowest BCUT2D eigenvalue weighted by Gasteiger charge is -2.26. The molecule has 0 aliphatic rings. The highest BCUT2D eigenvalue weighted by Crippen LogP contribution is 2.30. The van der Waals surface area contributed by atoms with E-state index in [-0.39, 0.29) is 22.7 Å². The summed E-state index contributed by atoms with van der Waals surface area (Å²) in [5, 5.41) is 6.14. The Labute approximate surface area is 214 Å². The Morgan fingerprint density at radius 2 is 1.64 bits per heavy atom. The molecule has 4 rings (SSSR count). The van der Waals surface area contributed by atoms with E-state index in [0.717, 1.165) is 10.4 Å². The molecular weight excluding hydrogens is 494 g/mol. The van der Waals surface area contributed by atoms with Gasteiger partial charge in [0.05, 0.1) is 35.5 Å². The van der Waals surface area contributed by atoms with Gasteiger partial charge in [0.25, 0.3) is 15.9 Å². The number of amides is 1. The fourth-order valence-electron chi connectivity index (χ4n) is 3.54. The number of sulfonamides is 1. The minimum absolute atomic E-state index is 0.0387. The Bertz CT molecular complexity index is 1450.